The zero-order chi connectivity index (χ0) is 19.6. The van der Waals surface area contributed by atoms with E-state index in [1.807, 2.05) is 6.92 Å². The van der Waals surface area contributed by atoms with E-state index in [0.717, 1.165) is 9.87 Å². The number of nitrogens with zero attached hydrogens (tertiary/aromatic N) is 4. The second-order valence-corrected chi connectivity index (χ2v) is 7.85. The van der Waals surface area contributed by atoms with Gasteiger partial charge in [-0.3, -0.25) is 13.5 Å². The largest absolute Gasteiger partial charge is 0.465 e. The van der Waals surface area contributed by atoms with Crippen molar-refractivity contribution in [3.05, 3.63) is 54.0 Å². The maximum atomic E-state index is 13.3. The lowest BCUT2D eigenvalue weighted by molar-refractivity contribution is -0.141. The van der Waals surface area contributed by atoms with Gasteiger partial charge in [0.05, 0.1) is 12.3 Å². The number of carbonyl (C=O) groups is 1. The maximum absolute atomic E-state index is 13.3. The number of rotatable bonds is 6. The molecule has 2 aromatic heterocycles. The molecule has 2 heterocycles. The molecule has 0 aliphatic heterocycles. The van der Waals surface area contributed by atoms with Gasteiger partial charge < -0.3 is 4.74 Å². The predicted molar refractivity (Wildman–Crippen MR) is 100 cm³/mol. The number of sulfonamides is 1. The average Bonchev–Trinajstić information content (AvgIpc) is 3.01. The zero-order valence-corrected chi connectivity index (χ0v) is 16.1. The van der Waals surface area contributed by atoms with E-state index in [0.29, 0.717) is 17.2 Å². The average molecular weight is 388 g/mol. The van der Waals surface area contributed by atoms with Crippen molar-refractivity contribution in [2.24, 2.45) is 0 Å². The normalized spacial score (nSPS) is 11.5. The number of hydrogen-bond acceptors (Lipinski definition) is 6. The molecule has 9 heteroatoms. The third kappa shape index (κ3) is 3.77. The lowest BCUT2D eigenvalue weighted by Gasteiger charge is -2.23. The van der Waals surface area contributed by atoms with Crippen LogP contribution in [0.4, 0.5) is 5.69 Å². The summed E-state index contributed by atoms with van der Waals surface area (Å²) in [6.45, 7) is 5.06. The van der Waals surface area contributed by atoms with Crippen LogP contribution in [0.1, 0.15) is 18.3 Å². The standard InChI is InChI=1S/C18H20N4O4S/c1-4-26-18(23)12-22(15-7-5-13(2)6-8-15)27(24,25)16-9-10-17-20-19-14(3)21(17)11-16/h5-11H,4,12H2,1-3H3. The number of hydrogen-bond donors (Lipinski definition) is 0. The molecule has 0 amide bonds. The van der Waals surface area contributed by atoms with Crippen molar-refractivity contribution in [2.45, 2.75) is 25.7 Å². The summed E-state index contributed by atoms with van der Waals surface area (Å²) < 4.78 is 34.2. The van der Waals surface area contributed by atoms with Crippen LogP contribution >= 0.6 is 0 Å². The second-order valence-electron chi connectivity index (χ2n) is 5.99. The SMILES string of the molecule is CCOC(=O)CN(c1ccc(C)cc1)S(=O)(=O)c1ccc2nnc(C)n2c1. The number of carbonyl (C=O) groups excluding carboxylic acids is 1. The van der Waals surface area contributed by atoms with Gasteiger partial charge in [-0.1, -0.05) is 17.7 Å². The number of pyridine rings is 1. The first-order valence-electron chi connectivity index (χ1n) is 8.39. The van der Waals surface area contributed by atoms with Gasteiger partial charge in [0, 0.05) is 6.20 Å². The van der Waals surface area contributed by atoms with Gasteiger partial charge >= 0.3 is 5.97 Å². The summed E-state index contributed by atoms with van der Waals surface area (Å²) >= 11 is 0. The molecule has 8 nitrogen and oxygen atoms in total. The van der Waals surface area contributed by atoms with Crippen LogP contribution in [0, 0.1) is 13.8 Å². The Hall–Kier alpha value is -2.94. The van der Waals surface area contributed by atoms with Crippen molar-refractivity contribution in [3.8, 4) is 0 Å². The molecule has 142 valence electrons. The van der Waals surface area contributed by atoms with E-state index in [4.69, 9.17) is 4.74 Å². The van der Waals surface area contributed by atoms with Crippen molar-refractivity contribution in [1.82, 2.24) is 14.6 Å². The Bertz CT molecular complexity index is 1070. The Morgan fingerprint density at radius 1 is 1.11 bits per heavy atom. The number of aromatic nitrogens is 3. The van der Waals surface area contributed by atoms with E-state index in [1.165, 1.54) is 12.3 Å². The van der Waals surface area contributed by atoms with E-state index < -0.39 is 22.5 Å². The van der Waals surface area contributed by atoms with Crippen LogP contribution in [0.3, 0.4) is 0 Å². The molecule has 0 unspecified atom stereocenters. The Kier molecular flexibility index (Phi) is 5.13. The summed E-state index contributed by atoms with van der Waals surface area (Å²) in [4.78, 5) is 12.1. The summed E-state index contributed by atoms with van der Waals surface area (Å²) in [6.07, 6.45) is 1.45. The van der Waals surface area contributed by atoms with E-state index in [2.05, 4.69) is 10.2 Å². The van der Waals surface area contributed by atoms with Gasteiger partial charge in [0.15, 0.2) is 5.65 Å². The quantitative estimate of drug-likeness (QED) is 0.600. The van der Waals surface area contributed by atoms with E-state index in [9.17, 15) is 13.2 Å². The monoisotopic (exact) mass is 388 g/mol. The van der Waals surface area contributed by atoms with Crippen molar-refractivity contribution in [1.29, 1.82) is 0 Å². The lowest BCUT2D eigenvalue weighted by Crippen LogP contribution is -2.36. The number of benzene rings is 1. The van der Waals surface area contributed by atoms with E-state index in [1.54, 1.807) is 48.6 Å². The minimum Gasteiger partial charge on any atom is -0.465 e. The first kappa shape index (κ1) is 18.8. The number of anilines is 1. The Balaban J connectivity index is 2.08. The fourth-order valence-corrected chi connectivity index (χ4v) is 4.02. The number of fused-ring (bicyclic) bond motifs is 1. The van der Waals surface area contributed by atoms with Gasteiger partial charge in [0.1, 0.15) is 17.3 Å². The molecule has 0 atom stereocenters. The molecule has 0 saturated heterocycles. The smallest absolute Gasteiger partial charge is 0.326 e. The highest BCUT2D eigenvalue weighted by molar-refractivity contribution is 7.92. The topological polar surface area (TPSA) is 93.9 Å². The molecule has 3 aromatic rings. The first-order valence-corrected chi connectivity index (χ1v) is 9.83. The minimum absolute atomic E-state index is 0.0303. The molecule has 3 rings (SSSR count). The van der Waals surface area contributed by atoms with Gasteiger partial charge in [-0.25, -0.2) is 8.42 Å². The molecule has 27 heavy (non-hydrogen) atoms. The molecule has 0 saturated carbocycles. The fourth-order valence-electron chi connectivity index (χ4n) is 2.62. The highest BCUT2D eigenvalue weighted by atomic mass is 32.2. The van der Waals surface area contributed by atoms with Crippen LogP contribution in [-0.2, 0) is 19.6 Å². The summed E-state index contributed by atoms with van der Waals surface area (Å²) in [5.74, 6) is -0.0578. The summed E-state index contributed by atoms with van der Waals surface area (Å²) in [5, 5.41) is 7.89. The molecular formula is C18H20N4O4S. The molecule has 0 spiro atoms. The molecule has 0 radical (unpaired) electrons. The van der Waals surface area contributed by atoms with Crippen LogP contribution in [0.5, 0.6) is 0 Å². The molecule has 0 aliphatic carbocycles. The van der Waals surface area contributed by atoms with Crippen LogP contribution in [0.2, 0.25) is 0 Å². The van der Waals surface area contributed by atoms with Crippen LogP contribution < -0.4 is 4.31 Å². The van der Waals surface area contributed by atoms with Crippen LogP contribution in [0.15, 0.2) is 47.5 Å². The third-order valence-electron chi connectivity index (χ3n) is 4.03. The summed E-state index contributed by atoms with van der Waals surface area (Å²) in [6, 6.07) is 9.92. The zero-order valence-electron chi connectivity index (χ0n) is 15.3. The van der Waals surface area contributed by atoms with Gasteiger partial charge in [-0.15, -0.1) is 10.2 Å². The van der Waals surface area contributed by atoms with Gasteiger partial charge in [0.2, 0.25) is 0 Å². The summed E-state index contributed by atoms with van der Waals surface area (Å²) in [7, 11) is -4.01. The number of esters is 1. The van der Waals surface area contributed by atoms with Crippen molar-refractivity contribution in [2.75, 3.05) is 17.5 Å². The highest BCUT2D eigenvalue weighted by Crippen LogP contribution is 2.24. The number of ether oxygens (including phenoxy) is 1. The summed E-state index contributed by atoms with van der Waals surface area (Å²) in [5.41, 5.74) is 1.90. The molecular weight excluding hydrogens is 368 g/mol. The van der Waals surface area contributed by atoms with Crippen LogP contribution in [-0.4, -0.2) is 42.1 Å². The lowest BCUT2D eigenvalue weighted by atomic mass is 10.2. The van der Waals surface area contributed by atoms with Gasteiger partial charge in [-0.2, -0.15) is 0 Å². The van der Waals surface area contributed by atoms with Gasteiger partial charge in [0.25, 0.3) is 10.0 Å². The fraction of sp³-hybridized carbons (Fsp3) is 0.278. The molecule has 0 aliphatic rings. The predicted octanol–water partition coefficient (Wildman–Crippen LogP) is 2.10. The minimum atomic E-state index is -4.01. The van der Waals surface area contributed by atoms with Crippen LogP contribution in [0.25, 0.3) is 5.65 Å². The second kappa shape index (κ2) is 7.36. The third-order valence-corrected chi connectivity index (χ3v) is 5.79. The van der Waals surface area contributed by atoms with Crippen molar-refractivity contribution >= 4 is 27.3 Å². The van der Waals surface area contributed by atoms with E-state index >= 15 is 0 Å². The number of aryl methyl sites for hydroxylation is 2. The van der Waals surface area contributed by atoms with Crippen molar-refractivity contribution < 1.29 is 17.9 Å². The van der Waals surface area contributed by atoms with Gasteiger partial charge in [-0.05, 0) is 45.0 Å². The van der Waals surface area contributed by atoms with Crippen molar-refractivity contribution in [3.63, 3.8) is 0 Å². The molecule has 0 N–H and O–H groups in total. The highest BCUT2D eigenvalue weighted by Gasteiger charge is 2.28. The molecule has 0 bridgehead atoms. The first-order chi connectivity index (χ1) is 12.8. The van der Waals surface area contributed by atoms with E-state index in [-0.39, 0.29) is 11.5 Å². The Morgan fingerprint density at radius 3 is 2.48 bits per heavy atom. The Labute approximate surface area is 157 Å². The molecule has 1 aromatic carbocycles. The molecule has 0 fully saturated rings. The Morgan fingerprint density at radius 2 is 1.81 bits per heavy atom. The maximum Gasteiger partial charge on any atom is 0.326 e.